The summed E-state index contributed by atoms with van der Waals surface area (Å²) in [5.74, 6) is -0.191. The van der Waals surface area contributed by atoms with Gasteiger partial charge in [-0.1, -0.05) is 6.58 Å². The number of hydrogen-bond donors (Lipinski definition) is 0. The molecule has 1 atom stereocenters. The van der Waals surface area contributed by atoms with Gasteiger partial charge >= 0.3 is 5.97 Å². The van der Waals surface area contributed by atoms with Crippen LogP contribution in [0.1, 0.15) is 11.1 Å². The average Bonchev–Trinajstić information content (AvgIpc) is 2.37. The minimum Gasteiger partial charge on any atom is -0.474 e. The summed E-state index contributed by atoms with van der Waals surface area (Å²) in [7, 11) is 1.25. The van der Waals surface area contributed by atoms with Crippen LogP contribution in [0.15, 0.2) is 24.8 Å². The monoisotopic (exact) mass is 265 g/mol. The van der Waals surface area contributed by atoms with E-state index in [9.17, 15) is 14.9 Å². The maximum atomic E-state index is 11.4. The molecule has 0 N–H and O–H groups in total. The first-order valence-corrected chi connectivity index (χ1v) is 5.53. The zero-order valence-electron chi connectivity index (χ0n) is 11.0. The summed E-state index contributed by atoms with van der Waals surface area (Å²) in [4.78, 5) is 21.7. The lowest BCUT2D eigenvalue weighted by Gasteiger charge is -2.15. The highest BCUT2D eigenvalue weighted by atomic mass is 16.6. The lowest BCUT2D eigenvalue weighted by atomic mass is 10.1. The van der Waals surface area contributed by atoms with Crippen LogP contribution in [0, 0.1) is 24.0 Å². The Labute approximate surface area is 110 Å². The van der Waals surface area contributed by atoms with Crippen LogP contribution in [0.5, 0.6) is 5.75 Å². The fourth-order valence-electron chi connectivity index (χ4n) is 1.54. The number of rotatable bonds is 5. The molecular formula is C13H15NO5. The number of benzene rings is 1. The molecule has 6 nitrogen and oxygen atoms in total. The van der Waals surface area contributed by atoms with Gasteiger partial charge in [-0.25, -0.2) is 4.79 Å². The quantitative estimate of drug-likeness (QED) is 0.353. The van der Waals surface area contributed by atoms with Crippen molar-refractivity contribution in [2.24, 2.45) is 0 Å². The van der Waals surface area contributed by atoms with Crippen LogP contribution in [0.3, 0.4) is 0 Å². The molecule has 0 bridgehead atoms. The van der Waals surface area contributed by atoms with Crippen molar-refractivity contribution in [1.82, 2.24) is 0 Å². The number of nitrogens with zero attached hydrogens (tertiary/aromatic N) is 1. The third-order valence-electron chi connectivity index (χ3n) is 2.59. The predicted octanol–water partition coefficient (Wildman–Crippen LogP) is 2.32. The van der Waals surface area contributed by atoms with Gasteiger partial charge in [-0.05, 0) is 31.6 Å². The molecule has 0 saturated carbocycles. The second kappa shape index (κ2) is 5.99. The number of aryl methyl sites for hydroxylation is 2. The highest BCUT2D eigenvalue weighted by Crippen LogP contribution is 2.28. The number of nitro groups is 1. The summed E-state index contributed by atoms with van der Waals surface area (Å²) >= 11 is 0. The minimum atomic E-state index is -0.940. The fraction of sp³-hybridized carbons (Fsp3) is 0.308. The molecule has 0 spiro atoms. The number of hydrogen-bond acceptors (Lipinski definition) is 5. The van der Waals surface area contributed by atoms with Gasteiger partial charge in [-0.2, -0.15) is 0 Å². The Morgan fingerprint density at radius 1 is 1.42 bits per heavy atom. The number of carbonyl (C=O) groups excluding carboxylic acids is 1. The van der Waals surface area contributed by atoms with E-state index in [4.69, 9.17) is 4.74 Å². The van der Waals surface area contributed by atoms with Crippen LogP contribution < -0.4 is 4.74 Å². The van der Waals surface area contributed by atoms with Crippen LogP contribution in [-0.2, 0) is 9.53 Å². The zero-order chi connectivity index (χ0) is 14.6. The van der Waals surface area contributed by atoms with Crippen molar-refractivity contribution in [3.05, 3.63) is 46.0 Å². The number of ether oxygens (including phenoxy) is 2. The second-order valence-electron chi connectivity index (χ2n) is 3.96. The van der Waals surface area contributed by atoms with Crippen molar-refractivity contribution in [2.45, 2.75) is 20.0 Å². The van der Waals surface area contributed by atoms with Gasteiger partial charge in [0, 0.05) is 11.6 Å². The van der Waals surface area contributed by atoms with E-state index in [1.54, 1.807) is 13.8 Å². The van der Waals surface area contributed by atoms with Crippen molar-refractivity contribution < 1.29 is 19.2 Å². The summed E-state index contributed by atoms with van der Waals surface area (Å²) < 4.78 is 10.0. The van der Waals surface area contributed by atoms with Gasteiger partial charge in [0.05, 0.1) is 12.0 Å². The Bertz CT molecular complexity index is 524. The largest absolute Gasteiger partial charge is 0.474 e. The number of carbonyl (C=O) groups is 1. The molecule has 1 unspecified atom stereocenters. The van der Waals surface area contributed by atoms with Crippen molar-refractivity contribution in [3.63, 3.8) is 0 Å². The second-order valence-corrected chi connectivity index (χ2v) is 3.96. The molecule has 0 amide bonds. The Hall–Kier alpha value is -2.37. The van der Waals surface area contributed by atoms with E-state index in [-0.39, 0.29) is 5.69 Å². The number of esters is 1. The molecule has 1 aromatic carbocycles. The first-order chi connectivity index (χ1) is 8.90. The van der Waals surface area contributed by atoms with Crippen LogP contribution in [0.4, 0.5) is 5.69 Å². The van der Waals surface area contributed by atoms with Gasteiger partial charge in [-0.15, -0.1) is 0 Å². The number of nitro benzene ring substituents is 1. The molecule has 0 fully saturated rings. The van der Waals surface area contributed by atoms with Crippen LogP contribution in [0.25, 0.3) is 0 Å². The van der Waals surface area contributed by atoms with E-state index < -0.39 is 17.0 Å². The zero-order valence-corrected chi connectivity index (χ0v) is 11.0. The van der Waals surface area contributed by atoms with Crippen LogP contribution in [-0.4, -0.2) is 24.1 Å². The fourth-order valence-corrected chi connectivity index (χ4v) is 1.54. The SMILES string of the molecule is C=CC(Oc1cc(C)c([N+](=O)[O-])cc1C)C(=O)OC. The van der Waals surface area contributed by atoms with E-state index in [0.717, 1.165) is 0 Å². The molecule has 1 rings (SSSR count). The van der Waals surface area contributed by atoms with E-state index >= 15 is 0 Å². The predicted molar refractivity (Wildman–Crippen MR) is 69.2 cm³/mol. The molecule has 0 radical (unpaired) electrons. The average molecular weight is 265 g/mol. The van der Waals surface area contributed by atoms with Gasteiger partial charge in [-0.3, -0.25) is 10.1 Å². The minimum absolute atomic E-state index is 0.0121. The van der Waals surface area contributed by atoms with Crippen molar-refractivity contribution >= 4 is 11.7 Å². The molecule has 0 heterocycles. The number of methoxy groups -OCH3 is 1. The van der Waals surface area contributed by atoms with Crippen molar-refractivity contribution in [1.29, 1.82) is 0 Å². The Morgan fingerprint density at radius 3 is 2.53 bits per heavy atom. The van der Waals surface area contributed by atoms with E-state index in [0.29, 0.717) is 16.9 Å². The summed E-state index contributed by atoms with van der Waals surface area (Å²) in [6.07, 6.45) is 0.367. The van der Waals surface area contributed by atoms with E-state index in [1.807, 2.05) is 0 Å². The Balaban J connectivity index is 3.09. The lowest BCUT2D eigenvalue weighted by molar-refractivity contribution is -0.385. The van der Waals surface area contributed by atoms with Gasteiger partial charge < -0.3 is 9.47 Å². The highest BCUT2D eigenvalue weighted by molar-refractivity contribution is 5.77. The molecule has 0 aromatic heterocycles. The summed E-state index contributed by atoms with van der Waals surface area (Å²) in [6.45, 7) is 6.76. The van der Waals surface area contributed by atoms with Crippen LogP contribution in [0.2, 0.25) is 0 Å². The highest BCUT2D eigenvalue weighted by Gasteiger charge is 2.20. The van der Waals surface area contributed by atoms with E-state index in [2.05, 4.69) is 11.3 Å². The first-order valence-electron chi connectivity index (χ1n) is 5.53. The van der Waals surface area contributed by atoms with Crippen molar-refractivity contribution in [2.75, 3.05) is 7.11 Å². The first kappa shape index (κ1) is 14.7. The molecule has 19 heavy (non-hydrogen) atoms. The normalized spacial score (nSPS) is 11.5. The third-order valence-corrected chi connectivity index (χ3v) is 2.59. The molecule has 0 aliphatic heterocycles. The summed E-state index contributed by atoms with van der Waals surface area (Å²) in [5, 5.41) is 10.8. The van der Waals surface area contributed by atoms with E-state index in [1.165, 1.54) is 25.3 Å². The smallest absolute Gasteiger partial charge is 0.351 e. The van der Waals surface area contributed by atoms with Gasteiger partial charge in [0.15, 0.2) is 0 Å². The molecule has 6 heteroatoms. The Morgan fingerprint density at radius 2 is 2.05 bits per heavy atom. The Kier molecular flexibility index (Phi) is 4.63. The maximum absolute atomic E-state index is 11.4. The maximum Gasteiger partial charge on any atom is 0.351 e. The molecule has 0 saturated heterocycles. The van der Waals surface area contributed by atoms with Gasteiger partial charge in [0.2, 0.25) is 6.10 Å². The summed E-state index contributed by atoms with van der Waals surface area (Å²) in [6, 6.07) is 2.93. The lowest BCUT2D eigenvalue weighted by Crippen LogP contribution is -2.26. The third kappa shape index (κ3) is 3.31. The van der Waals surface area contributed by atoms with Crippen LogP contribution >= 0.6 is 0 Å². The van der Waals surface area contributed by atoms with Crippen molar-refractivity contribution in [3.8, 4) is 5.75 Å². The molecule has 0 aliphatic rings. The van der Waals surface area contributed by atoms with Gasteiger partial charge in [0.1, 0.15) is 5.75 Å². The topological polar surface area (TPSA) is 78.7 Å². The molecule has 0 aliphatic carbocycles. The molecule has 1 aromatic rings. The molecule has 102 valence electrons. The summed E-state index contributed by atoms with van der Waals surface area (Å²) in [5.41, 5.74) is 1.03. The molecular weight excluding hydrogens is 250 g/mol. The van der Waals surface area contributed by atoms with Gasteiger partial charge in [0.25, 0.3) is 5.69 Å². The standard InChI is InChI=1S/C13H15NO5/c1-5-11(13(15)18-4)19-12-7-8(2)10(14(16)17)6-9(12)3/h5-7,11H,1H2,2-4H3.